The number of hydrogen-bond donors (Lipinski definition) is 4. The molecule has 4 N–H and O–H groups in total. The van der Waals surface area contributed by atoms with Gasteiger partial charge in [-0.25, -0.2) is 14.6 Å². The number of carboxylic acids is 1. The number of carbonyl (C=O) groups is 7. The molecule has 1 unspecified atom stereocenters. The molecule has 78 heavy (non-hydrogen) atoms. The first kappa shape index (κ1) is 60.2. The molecule has 0 bridgehead atoms. The molecule has 2 aromatic rings. The molecule has 5 aliphatic rings. The first-order chi connectivity index (χ1) is 36.8. The molecule has 5 aliphatic carbocycles. The van der Waals surface area contributed by atoms with Gasteiger partial charge in [-0.05, 0) is 162 Å². The van der Waals surface area contributed by atoms with Gasteiger partial charge in [0.15, 0.2) is 16.6 Å². The summed E-state index contributed by atoms with van der Waals surface area (Å²) < 4.78 is 6.42. The Morgan fingerprint density at radius 2 is 1.64 bits per heavy atom. The minimum Gasteiger partial charge on any atom is -0.480 e. The van der Waals surface area contributed by atoms with Gasteiger partial charge in [-0.15, -0.1) is 11.3 Å². The zero-order valence-electron chi connectivity index (χ0n) is 47.9. The number of likely N-dealkylation sites (N-methyl/N-ethyl adjacent to an activating group) is 1. The summed E-state index contributed by atoms with van der Waals surface area (Å²) in [5.41, 5.74) is 1.17. The van der Waals surface area contributed by atoms with Gasteiger partial charge in [-0.3, -0.25) is 24.0 Å². The molecule has 0 radical (unpaired) electrons. The van der Waals surface area contributed by atoms with E-state index >= 15 is 0 Å². The summed E-state index contributed by atoms with van der Waals surface area (Å²) in [5, 5.41) is 37.3. The van der Waals surface area contributed by atoms with Crippen LogP contribution in [0.3, 0.4) is 0 Å². The number of aromatic nitrogens is 1. The van der Waals surface area contributed by atoms with Crippen LogP contribution in [0.4, 0.5) is 4.79 Å². The van der Waals surface area contributed by atoms with Crippen molar-refractivity contribution in [3.63, 3.8) is 0 Å². The predicted molar refractivity (Wildman–Crippen MR) is 299 cm³/mol. The van der Waals surface area contributed by atoms with Crippen molar-refractivity contribution in [2.45, 2.75) is 177 Å². The molecule has 11 atom stereocenters. The molecular formula is C61H86N6O10S. The highest BCUT2D eigenvalue weighted by atomic mass is 32.1. The standard InChI is InChI=1S/C61H86N6O10S/c1-35-24-25-60(8)40(30-35)17-19-42-44-21-20-43(61(44,9)49(68)32-45(42)60)36(2)16-23-51(70)64-47(57(74)75)14-11-12-26-63-50(69)15-13-27-67(58(76)77-41-18-22-46-48(31-41)78-52(34-62)65-46)29-28-66(10)53(71)33-59(6,7)54-39(5)55(72)37(3)38(4)56(54)73/h18,22,31,35-36,40,42-45,47,49,68H,11-17,19-21,23-30,32-33H2,1-10H3,(H,63,69)(H,64,70)(H,74,75)/t35-,36-,40-,42+,43-,44+,45+,47?,49+,60+,61-/m1/s1. The number of carbonyl (C=O) groups excluding carboxylic acids is 6. The summed E-state index contributed by atoms with van der Waals surface area (Å²) >= 11 is 1.16. The number of hydrogen-bond acceptors (Lipinski definition) is 12. The lowest BCUT2D eigenvalue weighted by Crippen LogP contribution is -2.58. The summed E-state index contributed by atoms with van der Waals surface area (Å²) in [7, 11) is 1.60. The summed E-state index contributed by atoms with van der Waals surface area (Å²) in [5.74, 6) is 1.59. The van der Waals surface area contributed by atoms with Gasteiger partial charge in [0.1, 0.15) is 17.9 Å². The number of aliphatic hydroxyl groups excluding tert-OH is 1. The molecule has 426 valence electrons. The first-order valence-corrected chi connectivity index (χ1v) is 29.6. The van der Waals surface area contributed by atoms with E-state index in [4.69, 9.17) is 4.74 Å². The Hall–Kier alpha value is -5.47. The van der Waals surface area contributed by atoms with E-state index in [0.29, 0.717) is 87.4 Å². The molecule has 1 aromatic heterocycles. The molecule has 1 heterocycles. The Labute approximate surface area is 465 Å². The number of thiazole rings is 1. The van der Waals surface area contributed by atoms with Crippen molar-refractivity contribution in [2.75, 3.05) is 33.2 Å². The number of nitriles is 1. The van der Waals surface area contributed by atoms with Crippen LogP contribution in [0.1, 0.15) is 170 Å². The highest BCUT2D eigenvalue weighted by molar-refractivity contribution is 7.19. The third-order valence-corrected chi connectivity index (χ3v) is 20.8. The van der Waals surface area contributed by atoms with E-state index in [-0.39, 0.29) is 109 Å². The second-order valence-electron chi connectivity index (χ2n) is 25.2. The molecule has 16 nitrogen and oxygen atoms in total. The lowest BCUT2D eigenvalue weighted by atomic mass is 9.43. The zero-order chi connectivity index (χ0) is 57.0. The summed E-state index contributed by atoms with van der Waals surface area (Å²) in [4.78, 5) is 99.4. The lowest BCUT2D eigenvalue weighted by molar-refractivity contribution is -0.171. The van der Waals surface area contributed by atoms with Gasteiger partial charge >= 0.3 is 12.1 Å². The van der Waals surface area contributed by atoms with Crippen molar-refractivity contribution in [1.29, 1.82) is 5.26 Å². The monoisotopic (exact) mass is 1090 g/mol. The van der Waals surface area contributed by atoms with Crippen LogP contribution in [0.5, 0.6) is 5.75 Å². The molecule has 4 amide bonds. The van der Waals surface area contributed by atoms with Crippen LogP contribution in [0.2, 0.25) is 0 Å². The van der Waals surface area contributed by atoms with E-state index in [2.05, 4.69) is 43.3 Å². The zero-order valence-corrected chi connectivity index (χ0v) is 48.7. The van der Waals surface area contributed by atoms with Crippen LogP contribution in [0, 0.1) is 69.0 Å². The molecular weight excluding hydrogens is 1010 g/mol. The molecule has 0 spiro atoms. The van der Waals surface area contributed by atoms with Crippen LogP contribution >= 0.6 is 11.3 Å². The Morgan fingerprint density at radius 3 is 2.36 bits per heavy atom. The number of ketones is 2. The number of ether oxygens (including phenoxy) is 1. The molecule has 4 fully saturated rings. The van der Waals surface area contributed by atoms with E-state index in [0.717, 1.165) is 42.4 Å². The van der Waals surface area contributed by atoms with E-state index in [1.54, 1.807) is 59.9 Å². The van der Waals surface area contributed by atoms with E-state index < -0.39 is 23.5 Å². The van der Waals surface area contributed by atoms with Crippen molar-refractivity contribution in [3.8, 4) is 11.8 Å². The minimum absolute atomic E-state index is 0.0513. The summed E-state index contributed by atoms with van der Waals surface area (Å²) in [6.07, 6.45) is 10.7. The molecule has 1 aromatic carbocycles. The second-order valence-corrected chi connectivity index (χ2v) is 26.2. The quantitative estimate of drug-likeness (QED) is 0.0637. The van der Waals surface area contributed by atoms with Crippen molar-refractivity contribution in [1.82, 2.24) is 25.4 Å². The second kappa shape index (κ2) is 24.9. The lowest BCUT2D eigenvalue weighted by Gasteiger charge is -2.62. The fourth-order valence-corrected chi connectivity index (χ4v) is 15.9. The molecule has 0 saturated heterocycles. The van der Waals surface area contributed by atoms with Crippen LogP contribution in [0.25, 0.3) is 10.2 Å². The van der Waals surface area contributed by atoms with Crippen LogP contribution in [-0.4, -0.2) is 112 Å². The first-order valence-electron chi connectivity index (χ1n) is 28.8. The van der Waals surface area contributed by atoms with Crippen molar-refractivity contribution < 1.29 is 48.5 Å². The number of allylic oxidation sites excluding steroid dienone is 4. The number of benzene rings is 1. The van der Waals surface area contributed by atoms with Gasteiger partial charge in [-0.1, -0.05) is 48.0 Å². The van der Waals surface area contributed by atoms with E-state index in [1.807, 2.05) is 6.07 Å². The maximum atomic E-state index is 13.7. The Morgan fingerprint density at radius 1 is 0.910 bits per heavy atom. The van der Waals surface area contributed by atoms with Crippen LogP contribution < -0.4 is 15.4 Å². The number of Topliss-reactive ketones (excluding diaryl/α,β-unsaturated/α-hetero) is 2. The van der Waals surface area contributed by atoms with Gasteiger partial charge in [-0.2, -0.15) is 5.26 Å². The Kier molecular flexibility index (Phi) is 19.2. The summed E-state index contributed by atoms with van der Waals surface area (Å²) in [6.45, 7) is 18.4. The maximum Gasteiger partial charge on any atom is 0.415 e. The van der Waals surface area contributed by atoms with Gasteiger partial charge in [0, 0.05) is 86.3 Å². The highest BCUT2D eigenvalue weighted by Crippen LogP contribution is 2.68. The smallest absolute Gasteiger partial charge is 0.415 e. The third-order valence-electron chi connectivity index (χ3n) is 19.8. The number of rotatable bonds is 22. The van der Waals surface area contributed by atoms with Crippen LogP contribution in [-0.2, 0) is 28.8 Å². The van der Waals surface area contributed by atoms with Crippen molar-refractivity contribution in [2.24, 2.45) is 57.7 Å². The van der Waals surface area contributed by atoms with Crippen molar-refractivity contribution >= 4 is 62.9 Å². The Bertz CT molecular complexity index is 2740. The van der Waals surface area contributed by atoms with E-state index in [1.165, 1.54) is 41.9 Å². The fourth-order valence-electron chi connectivity index (χ4n) is 15.1. The maximum absolute atomic E-state index is 13.7. The predicted octanol–water partition coefficient (Wildman–Crippen LogP) is 9.97. The average Bonchev–Trinajstić information content (AvgIpc) is 3.99. The summed E-state index contributed by atoms with van der Waals surface area (Å²) in [6, 6.07) is 5.81. The topological polar surface area (TPSA) is 236 Å². The van der Waals surface area contributed by atoms with Gasteiger partial charge < -0.3 is 35.4 Å². The number of aliphatic hydroxyl groups is 1. The van der Waals surface area contributed by atoms with Gasteiger partial charge in [0.25, 0.3) is 0 Å². The number of fused-ring (bicyclic) bond motifs is 6. The number of nitrogens with zero attached hydrogens (tertiary/aromatic N) is 4. The van der Waals surface area contributed by atoms with Crippen molar-refractivity contribution in [3.05, 3.63) is 45.5 Å². The number of unbranched alkanes of at least 4 members (excludes halogenated alkanes) is 1. The average molecular weight is 1100 g/mol. The number of nitrogens with one attached hydrogen (secondary N) is 2. The highest BCUT2D eigenvalue weighted by Gasteiger charge is 2.63. The third kappa shape index (κ3) is 12.9. The molecule has 4 saturated carbocycles. The fraction of sp³-hybridized carbons (Fsp3) is 0.689. The SMILES string of the molecule is CC1=C(C)C(=O)C(C(C)(C)CC(=O)N(C)CCN(CCCC(=O)NCCCCC(NC(=O)CC[C@@H](C)[C@H]2CC[C@H]3[C@@H]4CC[C@@H]5C[C@H](C)CC[C@]5(C)[C@H]4C[C@H](O)[C@]23C)C(=O)O)C(=O)Oc2ccc3nc(C#N)sc3c2)=C(C)C1=O. The normalized spacial score (nSPS) is 27.7. The Balaban J connectivity index is 0.851. The number of carboxylic acid groups (broad SMARTS) is 1. The molecule has 0 aliphatic heterocycles. The number of amides is 4. The minimum atomic E-state index is -1.11. The van der Waals surface area contributed by atoms with Gasteiger partial charge in [0.2, 0.25) is 17.7 Å². The van der Waals surface area contributed by atoms with Crippen LogP contribution in [0.15, 0.2) is 40.5 Å². The largest absolute Gasteiger partial charge is 0.480 e. The number of aliphatic carboxylic acids is 1. The molecule has 7 rings (SSSR count). The van der Waals surface area contributed by atoms with Gasteiger partial charge in [0.05, 0.1) is 16.3 Å². The van der Waals surface area contributed by atoms with E-state index in [9.17, 15) is 49.0 Å². The molecule has 17 heteroatoms.